The normalized spacial score (nSPS) is 20.3. The van der Waals surface area contributed by atoms with Crippen LogP contribution < -0.4 is 5.32 Å². The third-order valence-electron chi connectivity index (χ3n) is 4.78. The molecule has 2 aromatic rings. The number of carbonyl (C=O) groups is 1. The second-order valence-corrected chi connectivity index (χ2v) is 8.38. The summed E-state index contributed by atoms with van der Waals surface area (Å²) in [5.41, 5.74) is 1.34. The molecule has 0 spiro atoms. The van der Waals surface area contributed by atoms with Crippen LogP contribution in [0.15, 0.2) is 64.4 Å². The number of thiophene rings is 1. The molecule has 1 amide bonds. The molecule has 0 radical (unpaired) electrons. The van der Waals surface area contributed by atoms with Crippen LogP contribution in [0.1, 0.15) is 32.1 Å². The maximum Gasteiger partial charge on any atom is 0.229 e. The van der Waals surface area contributed by atoms with Crippen molar-refractivity contribution in [3.05, 3.63) is 64.3 Å². The van der Waals surface area contributed by atoms with E-state index >= 15 is 0 Å². The molecule has 152 valence electrons. The number of aromatic nitrogens is 1. The minimum absolute atomic E-state index is 0.0569. The van der Waals surface area contributed by atoms with Crippen molar-refractivity contribution in [2.75, 3.05) is 11.9 Å². The summed E-state index contributed by atoms with van der Waals surface area (Å²) in [4.78, 5) is 22.2. The van der Waals surface area contributed by atoms with Gasteiger partial charge in [0.1, 0.15) is 17.3 Å². The number of rotatable bonds is 8. The molecule has 3 rings (SSSR count). The fourth-order valence-electron chi connectivity index (χ4n) is 3.07. The summed E-state index contributed by atoms with van der Waals surface area (Å²) in [5.74, 6) is 0.846. The van der Waals surface area contributed by atoms with Crippen LogP contribution in [0.3, 0.4) is 0 Å². The van der Waals surface area contributed by atoms with E-state index in [0.717, 1.165) is 10.5 Å². The second-order valence-electron chi connectivity index (χ2n) is 7.43. The molecule has 29 heavy (non-hydrogen) atoms. The van der Waals surface area contributed by atoms with Crippen molar-refractivity contribution < 1.29 is 14.6 Å². The Kier molecular flexibility index (Phi) is 6.17. The number of ether oxygens (including phenoxy) is 1. The van der Waals surface area contributed by atoms with E-state index in [0.29, 0.717) is 30.3 Å². The summed E-state index contributed by atoms with van der Waals surface area (Å²) in [5, 5.41) is 14.2. The topological polar surface area (TPSA) is 83.8 Å². The lowest BCUT2D eigenvalue weighted by atomic mass is 10.0. The van der Waals surface area contributed by atoms with Crippen LogP contribution in [0.4, 0.5) is 5.82 Å². The van der Waals surface area contributed by atoms with Gasteiger partial charge in [0.2, 0.25) is 5.91 Å². The van der Waals surface area contributed by atoms with Gasteiger partial charge in [-0.25, -0.2) is 4.98 Å². The highest BCUT2D eigenvalue weighted by atomic mass is 32.1. The number of nitrogens with zero attached hydrogens (tertiary/aromatic N) is 2. The van der Waals surface area contributed by atoms with Gasteiger partial charge in [-0.3, -0.25) is 9.79 Å². The van der Waals surface area contributed by atoms with E-state index in [1.54, 1.807) is 23.6 Å². The van der Waals surface area contributed by atoms with Gasteiger partial charge in [-0.1, -0.05) is 12.6 Å². The van der Waals surface area contributed by atoms with E-state index < -0.39 is 0 Å². The number of anilines is 1. The van der Waals surface area contributed by atoms with Crippen LogP contribution in [-0.2, 0) is 14.9 Å². The minimum atomic E-state index is -0.368. The number of aromatic hydroxyl groups is 1. The maximum atomic E-state index is 12.8. The lowest BCUT2D eigenvalue weighted by Crippen LogP contribution is -2.25. The largest absolute Gasteiger partial charge is 0.506 e. The zero-order valence-corrected chi connectivity index (χ0v) is 17.6. The van der Waals surface area contributed by atoms with Crippen LogP contribution in [0.25, 0.3) is 0 Å². The Morgan fingerprint density at radius 3 is 2.83 bits per heavy atom. The Labute approximate surface area is 174 Å². The molecule has 2 atom stereocenters. The van der Waals surface area contributed by atoms with Crippen LogP contribution in [0.5, 0.6) is 5.75 Å². The van der Waals surface area contributed by atoms with Crippen molar-refractivity contribution in [2.24, 2.45) is 10.9 Å². The van der Waals surface area contributed by atoms with E-state index in [9.17, 15) is 9.90 Å². The van der Waals surface area contributed by atoms with Crippen molar-refractivity contribution in [1.29, 1.82) is 0 Å². The van der Waals surface area contributed by atoms with Crippen LogP contribution in [-0.4, -0.2) is 28.8 Å². The third kappa shape index (κ3) is 4.92. The van der Waals surface area contributed by atoms with Crippen molar-refractivity contribution in [3.63, 3.8) is 0 Å². The Balaban J connectivity index is 1.75. The Morgan fingerprint density at radius 2 is 2.24 bits per heavy atom. The van der Waals surface area contributed by atoms with E-state index in [1.807, 2.05) is 38.3 Å². The third-order valence-corrected chi connectivity index (χ3v) is 5.87. The van der Waals surface area contributed by atoms with Gasteiger partial charge in [-0.15, -0.1) is 11.3 Å². The number of allylic oxidation sites excluding steroid dienone is 3. The fourth-order valence-corrected chi connectivity index (χ4v) is 4.05. The smallest absolute Gasteiger partial charge is 0.229 e. The number of carbonyl (C=O) groups excluding carboxylic acids is 1. The molecule has 1 aliphatic rings. The molecule has 2 heterocycles. The number of hydrogen-bond donors (Lipinski definition) is 2. The van der Waals surface area contributed by atoms with E-state index in [1.165, 1.54) is 12.3 Å². The van der Waals surface area contributed by atoms with Crippen LogP contribution in [0.2, 0.25) is 0 Å². The molecule has 1 aliphatic carbocycles. The number of aliphatic imine (C=N–C) groups is 1. The molecule has 1 saturated carbocycles. The van der Waals surface area contributed by atoms with E-state index in [2.05, 4.69) is 21.9 Å². The summed E-state index contributed by atoms with van der Waals surface area (Å²) < 4.78 is 6.12. The molecule has 0 bridgehead atoms. The molecule has 7 heteroatoms. The van der Waals surface area contributed by atoms with Crippen molar-refractivity contribution in [1.82, 2.24) is 4.98 Å². The monoisotopic (exact) mass is 411 g/mol. The number of nitrogens with one attached hydrogen (secondary N) is 1. The lowest BCUT2D eigenvalue weighted by Gasteiger charge is -2.18. The molecule has 1 unspecified atom stereocenters. The van der Waals surface area contributed by atoms with Gasteiger partial charge >= 0.3 is 0 Å². The Morgan fingerprint density at radius 1 is 1.45 bits per heavy atom. The predicted octanol–water partition coefficient (Wildman–Crippen LogP) is 4.66. The molecule has 0 aromatic carbocycles. The van der Waals surface area contributed by atoms with Crippen molar-refractivity contribution in [3.8, 4) is 5.75 Å². The minimum Gasteiger partial charge on any atom is -0.506 e. The average Bonchev–Trinajstić information content (AvgIpc) is 3.14. The summed E-state index contributed by atoms with van der Waals surface area (Å²) in [6.07, 6.45) is 3.68. The quantitative estimate of drug-likeness (QED) is 0.489. The van der Waals surface area contributed by atoms with Gasteiger partial charge in [-0.05, 0) is 56.3 Å². The highest BCUT2D eigenvalue weighted by Crippen LogP contribution is 2.56. The first-order valence-corrected chi connectivity index (χ1v) is 10.2. The van der Waals surface area contributed by atoms with Gasteiger partial charge in [0, 0.05) is 10.6 Å². The molecule has 2 N–H and O–H groups in total. The van der Waals surface area contributed by atoms with Crippen LogP contribution in [0, 0.1) is 5.92 Å². The molecule has 0 saturated heterocycles. The summed E-state index contributed by atoms with van der Waals surface area (Å²) in [6.45, 7) is 9.92. The first kappa shape index (κ1) is 20.8. The fraction of sp³-hybridized carbons (Fsp3) is 0.318. The predicted molar refractivity (Wildman–Crippen MR) is 116 cm³/mol. The Bertz CT molecular complexity index is 944. The zero-order chi connectivity index (χ0) is 21.0. The summed E-state index contributed by atoms with van der Waals surface area (Å²) in [6, 6.07) is 7.10. The van der Waals surface area contributed by atoms with Crippen molar-refractivity contribution >= 4 is 29.3 Å². The molecular weight excluding hydrogens is 386 g/mol. The average molecular weight is 412 g/mol. The first-order chi connectivity index (χ1) is 13.8. The highest BCUT2D eigenvalue weighted by molar-refractivity contribution is 7.10. The number of hydrogen-bond acceptors (Lipinski definition) is 6. The van der Waals surface area contributed by atoms with Gasteiger partial charge < -0.3 is 15.2 Å². The Hall–Kier alpha value is -2.93. The first-order valence-electron chi connectivity index (χ1n) is 9.31. The van der Waals surface area contributed by atoms with Crippen LogP contribution >= 0.6 is 11.3 Å². The second kappa shape index (κ2) is 8.61. The highest BCUT2D eigenvalue weighted by Gasteiger charge is 2.60. The van der Waals surface area contributed by atoms with Gasteiger partial charge in [0.15, 0.2) is 0 Å². The number of amides is 1. The molecule has 0 aliphatic heterocycles. The zero-order valence-electron chi connectivity index (χ0n) is 16.8. The standard InChI is InChI=1S/C22H25N3O3S/c1-14(2)18(12-23-15(3)4)28-13-22(19-6-5-9-29-19)10-17(22)21(27)25-20-8-7-16(26)11-24-20/h5-9,11-12,17,26H,3,10,13H2,1-2,4H3,(H,24,25,27)/t17?,22-/m0/s1. The molecule has 6 nitrogen and oxygen atoms in total. The van der Waals surface area contributed by atoms with E-state index in [-0.39, 0.29) is 23.0 Å². The van der Waals surface area contributed by atoms with E-state index in [4.69, 9.17) is 4.74 Å². The van der Waals surface area contributed by atoms with Crippen molar-refractivity contribution in [2.45, 2.75) is 32.6 Å². The number of pyridine rings is 1. The SMILES string of the molecule is C=C(C)N=CC(OC[C@@]1(c2cccs2)CC1C(=O)Nc1ccc(O)cn1)=C(C)C. The van der Waals surface area contributed by atoms with Gasteiger partial charge in [0.25, 0.3) is 0 Å². The molecule has 2 aromatic heterocycles. The molecular formula is C22H25N3O3S. The maximum absolute atomic E-state index is 12.8. The van der Waals surface area contributed by atoms with Gasteiger partial charge in [0.05, 0.1) is 30.4 Å². The summed E-state index contributed by atoms with van der Waals surface area (Å²) in [7, 11) is 0. The summed E-state index contributed by atoms with van der Waals surface area (Å²) >= 11 is 1.63. The molecule has 1 fully saturated rings. The van der Waals surface area contributed by atoms with Gasteiger partial charge in [-0.2, -0.15) is 0 Å². The lowest BCUT2D eigenvalue weighted by molar-refractivity contribution is -0.118.